The molecule has 23 heavy (non-hydrogen) atoms. The number of benzene rings is 1. The van der Waals surface area contributed by atoms with Gasteiger partial charge in [-0.05, 0) is 31.0 Å². The van der Waals surface area contributed by atoms with E-state index >= 15 is 0 Å². The average Bonchev–Trinajstić information content (AvgIpc) is 3.12. The monoisotopic (exact) mass is 312 g/mol. The van der Waals surface area contributed by atoms with Crippen LogP contribution in [0.2, 0.25) is 0 Å². The molecule has 2 aliphatic rings. The van der Waals surface area contributed by atoms with Crippen LogP contribution in [-0.4, -0.2) is 34.1 Å². The lowest BCUT2D eigenvalue weighted by atomic mass is 9.75. The van der Waals surface area contributed by atoms with E-state index in [1.54, 1.807) is 0 Å². The lowest BCUT2D eigenvalue weighted by Crippen LogP contribution is -2.49. The minimum Gasteiger partial charge on any atom is -0.424 e. The van der Waals surface area contributed by atoms with E-state index in [9.17, 15) is 4.79 Å². The lowest BCUT2D eigenvalue weighted by Gasteiger charge is -2.38. The molecule has 4 rings (SSSR count). The molecule has 2 aliphatic heterocycles. The van der Waals surface area contributed by atoms with E-state index < -0.39 is 5.41 Å². The Kier molecular flexibility index (Phi) is 3.41. The molecule has 1 N–H and O–H groups in total. The number of nitrogens with one attached hydrogen (secondary N) is 1. The smallest absolute Gasteiger partial charge is 0.236 e. The molecule has 0 aliphatic carbocycles. The van der Waals surface area contributed by atoms with E-state index in [-0.39, 0.29) is 5.91 Å². The molecule has 1 aromatic carbocycles. The fraction of sp³-hybridized carbons (Fsp3) is 0.471. The quantitative estimate of drug-likeness (QED) is 0.940. The van der Waals surface area contributed by atoms with Gasteiger partial charge < -0.3 is 9.73 Å². The Balaban J connectivity index is 1.58. The van der Waals surface area contributed by atoms with Crippen molar-refractivity contribution in [2.75, 3.05) is 18.4 Å². The number of hydrogen-bond donors (Lipinski definition) is 1. The van der Waals surface area contributed by atoms with Gasteiger partial charge in [-0.2, -0.15) is 0 Å². The molecule has 0 saturated carbocycles. The number of nitrogens with zero attached hydrogens (tertiary/aromatic N) is 3. The number of fused-ring (bicyclic) bond motifs is 2. The zero-order valence-corrected chi connectivity index (χ0v) is 13.2. The summed E-state index contributed by atoms with van der Waals surface area (Å²) in [5, 5.41) is 11.2. The number of likely N-dealkylation sites (tertiary alicyclic amines) is 1. The van der Waals surface area contributed by atoms with E-state index in [1.165, 1.54) is 0 Å². The highest BCUT2D eigenvalue weighted by molar-refractivity contribution is 6.06. The van der Waals surface area contributed by atoms with Crippen molar-refractivity contribution in [2.24, 2.45) is 0 Å². The maximum atomic E-state index is 12.7. The largest absolute Gasteiger partial charge is 0.424 e. The second-order valence-electron chi connectivity index (χ2n) is 6.34. The van der Waals surface area contributed by atoms with E-state index in [0.29, 0.717) is 24.9 Å². The number of para-hydroxylation sites is 1. The molecule has 1 amide bonds. The highest BCUT2D eigenvalue weighted by atomic mass is 16.4. The molecule has 6 heteroatoms. The Bertz CT molecular complexity index is 742. The Morgan fingerprint density at radius 1 is 1.30 bits per heavy atom. The predicted molar refractivity (Wildman–Crippen MR) is 84.9 cm³/mol. The van der Waals surface area contributed by atoms with Gasteiger partial charge in [-0.25, -0.2) is 0 Å². The van der Waals surface area contributed by atoms with Crippen LogP contribution in [0, 0.1) is 0 Å². The van der Waals surface area contributed by atoms with Crippen LogP contribution >= 0.6 is 0 Å². The standard InChI is InChI=1S/C17H20N4O2/c1-2-14-19-20-15(23-14)10-21-9-5-8-17(11-21)12-6-3-4-7-13(12)18-16(17)22/h3-4,6-7H,2,5,8-11H2,1H3,(H,18,22). The fourth-order valence-corrected chi connectivity index (χ4v) is 3.74. The molecule has 1 saturated heterocycles. The molecular formula is C17H20N4O2. The number of carbonyl (C=O) groups excluding carboxylic acids is 1. The zero-order valence-electron chi connectivity index (χ0n) is 13.2. The summed E-state index contributed by atoms with van der Waals surface area (Å²) in [6, 6.07) is 8.01. The first kappa shape index (κ1) is 14.4. The van der Waals surface area contributed by atoms with Gasteiger partial charge in [-0.3, -0.25) is 9.69 Å². The number of anilines is 1. The van der Waals surface area contributed by atoms with Gasteiger partial charge in [-0.15, -0.1) is 10.2 Å². The molecule has 1 aromatic heterocycles. The van der Waals surface area contributed by atoms with Crippen molar-refractivity contribution < 1.29 is 9.21 Å². The number of rotatable bonds is 3. The molecule has 1 spiro atoms. The maximum Gasteiger partial charge on any atom is 0.236 e. The van der Waals surface area contributed by atoms with Gasteiger partial charge in [0.25, 0.3) is 0 Å². The maximum absolute atomic E-state index is 12.7. The highest BCUT2D eigenvalue weighted by Gasteiger charge is 2.49. The van der Waals surface area contributed by atoms with Gasteiger partial charge in [0.2, 0.25) is 17.7 Å². The SMILES string of the molecule is CCc1nnc(CN2CCCC3(C2)C(=O)Nc2ccccc23)o1. The molecule has 120 valence electrons. The van der Waals surface area contributed by atoms with Crippen molar-refractivity contribution in [3.8, 4) is 0 Å². The number of hydrogen-bond acceptors (Lipinski definition) is 5. The number of carbonyl (C=O) groups is 1. The molecule has 1 atom stereocenters. The van der Waals surface area contributed by atoms with Crippen molar-refractivity contribution in [3.05, 3.63) is 41.6 Å². The summed E-state index contributed by atoms with van der Waals surface area (Å²) in [7, 11) is 0. The molecule has 0 bridgehead atoms. The van der Waals surface area contributed by atoms with Gasteiger partial charge in [0, 0.05) is 18.7 Å². The van der Waals surface area contributed by atoms with Crippen molar-refractivity contribution in [1.29, 1.82) is 0 Å². The van der Waals surface area contributed by atoms with Crippen LogP contribution in [0.4, 0.5) is 5.69 Å². The Labute approximate surface area is 134 Å². The molecule has 2 aromatic rings. The van der Waals surface area contributed by atoms with Gasteiger partial charge >= 0.3 is 0 Å². The molecular weight excluding hydrogens is 292 g/mol. The summed E-state index contributed by atoms with van der Waals surface area (Å²) < 4.78 is 5.62. The van der Waals surface area contributed by atoms with Gasteiger partial charge in [-0.1, -0.05) is 25.1 Å². The van der Waals surface area contributed by atoms with E-state index in [0.717, 1.165) is 37.1 Å². The number of aromatic nitrogens is 2. The first-order valence-electron chi connectivity index (χ1n) is 8.16. The van der Waals surface area contributed by atoms with Crippen molar-refractivity contribution in [2.45, 2.75) is 38.1 Å². The molecule has 1 fully saturated rings. The van der Waals surface area contributed by atoms with Crippen molar-refractivity contribution in [1.82, 2.24) is 15.1 Å². The Morgan fingerprint density at radius 2 is 2.13 bits per heavy atom. The average molecular weight is 312 g/mol. The highest BCUT2D eigenvalue weighted by Crippen LogP contribution is 2.43. The molecule has 0 radical (unpaired) electrons. The third-order valence-corrected chi connectivity index (χ3v) is 4.87. The van der Waals surface area contributed by atoms with Gasteiger partial charge in [0.05, 0.1) is 12.0 Å². The van der Waals surface area contributed by atoms with Gasteiger partial charge in [0.1, 0.15) is 0 Å². The first-order chi connectivity index (χ1) is 11.2. The van der Waals surface area contributed by atoms with E-state index in [1.807, 2.05) is 25.1 Å². The second-order valence-corrected chi connectivity index (χ2v) is 6.34. The summed E-state index contributed by atoms with van der Waals surface area (Å²) in [5.74, 6) is 1.41. The van der Waals surface area contributed by atoms with E-state index in [2.05, 4.69) is 26.5 Å². The van der Waals surface area contributed by atoms with E-state index in [4.69, 9.17) is 4.42 Å². The second kappa shape index (κ2) is 5.45. The van der Waals surface area contributed by atoms with Crippen molar-refractivity contribution in [3.63, 3.8) is 0 Å². The predicted octanol–water partition coefficient (Wildman–Crippen LogP) is 2.12. The number of piperidine rings is 1. The van der Waals surface area contributed by atoms with Crippen molar-refractivity contribution >= 4 is 11.6 Å². The summed E-state index contributed by atoms with van der Waals surface area (Å²) in [5.41, 5.74) is 1.63. The fourth-order valence-electron chi connectivity index (χ4n) is 3.74. The Hall–Kier alpha value is -2.21. The summed E-state index contributed by atoms with van der Waals surface area (Å²) in [4.78, 5) is 14.9. The van der Waals surface area contributed by atoms with Crippen LogP contribution in [0.5, 0.6) is 0 Å². The summed E-state index contributed by atoms with van der Waals surface area (Å²) in [6.45, 7) is 4.23. The first-order valence-corrected chi connectivity index (χ1v) is 8.16. The third kappa shape index (κ3) is 2.34. The minimum atomic E-state index is -0.442. The zero-order chi connectivity index (χ0) is 15.9. The lowest BCUT2D eigenvalue weighted by molar-refractivity contribution is -0.123. The minimum absolute atomic E-state index is 0.114. The topological polar surface area (TPSA) is 71.3 Å². The number of aryl methyl sites for hydroxylation is 1. The van der Waals surface area contributed by atoms with Crippen LogP contribution in [0.15, 0.2) is 28.7 Å². The van der Waals surface area contributed by atoms with Crippen LogP contribution in [-0.2, 0) is 23.2 Å². The van der Waals surface area contributed by atoms with Gasteiger partial charge in [0.15, 0.2) is 0 Å². The number of amides is 1. The summed E-state index contributed by atoms with van der Waals surface area (Å²) >= 11 is 0. The van der Waals surface area contributed by atoms with Crippen LogP contribution in [0.3, 0.4) is 0 Å². The molecule has 3 heterocycles. The Morgan fingerprint density at radius 3 is 2.96 bits per heavy atom. The molecule has 1 unspecified atom stereocenters. The van der Waals surface area contributed by atoms with Crippen LogP contribution < -0.4 is 5.32 Å². The third-order valence-electron chi connectivity index (χ3n) is 4.87. The van der Waals surface area contributed by atoms with Crippen LogP contribution in [0.25, 0.3) is 0 Å². The summed E-state index contributed by atoms with van der Waals surface area (Å²) in [6.07, 6.45) is 2.61. The normalized spacial score (nSPS) is 24.0. The molecule has 6 nitrogen and oxygen atoms in total. The van der Waals surface area contributed by atoms with Crippen LogP contribution in [0.1, 0.15) is 37.1 Å².